The van der Waals surface area contributed by atoms with Crippen molar-refractivity contribution in [2.24, 2.45) is 5.73 Å². The molecule has 0 spiro atoms. The zero-order chi connectivity index (χ0) is 11.4. The van der Waals surface area contributed by atoms with E-state index in [9.17, 15) is 5.11 Å². The quantitative estimate of drug-likeness (QED) is 0.822. The van der Waals surface area contributed by atoms with Gasteiger partial charge in [-0.05, 0) is 23.3 Å². The first-order valence-corrected chi connectivity index (χ1v) is 5.35. The maximum absolute atomic E-state index is 9.25. The topological polar surface area (TPSA) is 46.2 Å². The van der Waals surface area contributed by atoms with E-state index in [1.807, 2.05) is 30.3 Å². The molecule has 0 heterocycles. The summed E-state index contributed by atoms with van der Waals surface area (Å²) in [5.41, 5.74) is 8.15. The molecule has 0 saturated carbocycles. The third-order valence-corrected chi connectivity index (χ3v) is 2.73. The number of nitrogens with two attached hydrogens (primary N) is 1. The Balaban J connectivity index is 2.33. The van der Waals surface area contributed by atoms with Crippen LogP contribution in [-0.4, -0.2) is 11.7 Å². The molecule has 2 nitrogen and oxygen atoms in total. The van der Waals surface area contributed by atoms with Crippen LogP contribution in [0.4, 0.5) is 0 Å². The molecule has 2 aromatic carbocycles. The summed E-state index contributed by atoms with van der Waals surface area (Å²) in [5.74, 6) is 0.481. The predicted octanol–water partition coefficient (Wildman–Crippen LogP) is 2.48. The molecular formula is C14H15NO. The van der Waals surface area contributed by atoms with Gasteiger partial charge in [0.25, 0.3) is 0 Å². The molecule has 16 heavy (non-hydrogen) atoms. The smallest absolute Gasteiger partial charge is 0.115 e. The molecule has 2 aromatic rings. The number of phenols is 1. The van der Waals surface area contributed by atoms with Gasteiger partial charge in [-0.3, -0.25) is 0 Å². The van der Waals surface area contributed by atoms with E-state index in [1.54, 1.807) is 12.1 Å². The van der Waals surface area contributed by atoms with Gasteiger partial charge in [0.1, 0.15) is 5.75 Å². The van der Waals surface area contributed by atoms with Crippen molar-refractivity contribution in [3.63, 3.8) is 0 Å². The normalized spacial score (nSPS) is 12.3. The summed E-state index contributed by atoms with van der Waals surface area (Å²) < 4.78 is 0. The van der Waals surface area contributed by atoms with E-state index in [2.05, 4.69) is 12.1 Å². The number of rotatable bonds is 3. The number of hydrogen-bond donors (Lipinski definition) is 2. The zero-order valence-corrected chi connectivity index (χ0v) is 9.01. The molecule has 0 radical (unpaired) electrons. The van der Waals surface area contributed by atoms with E-state index in [-0.39, 0.29) is 11.7 Å². The maximum atomic E-state index is 9.25. The lowest BCUT2D eigenvalue weighted by Crippen LogP contribution is -2.13. The second-order valence-corrected chi connectivity index (χ2v) is 3.79. The lowest BCUT2D eigenvalue weighted by molar-refractivity contribution is 0.475. The highest BCUT2D eigenvalue weighted by Crippen LogP contribution is 2.24. The summed E-state index contributed by atoms with van der Waals surface area (Å²) in [6, 6.07) is 17.4. The fourth-order valence-electron chi connectivity index (χ4n) is 1.86. The van der Waals surface area contributed by atoms with Crippen LogP contribution in [-0.2, 0) is 0 Å². The monoisotopic (exact) mass is 213 g/mol. The van der Waals surface area contributed by atoms with Gasteiger partial charge in [-0.15, -0.1) is 0 Å². The molecular weight excluding hydrogens is 198 g/mol. The van der Waals surface area contributed by atoms with Gasteiger partial charge in [-0.1, -0.05) is 42.5 Å². The van der Waals surface area contributed by atoms with Crippen LogP contribution >= 0.6 is 0 Å². The molecule has 1 unspecified atom stereocenters. The summed E-state index contributed by atoms with van der Waals surface area (Å²) in [5, 5.41) is 9.25. The van der Waals surface area contributed by atoms with Crippen LogP contribution < -0.4 is 5.73 Å². The van der Waals surface area contributed by atoms with Crippen molar-refractivity contribution in [3.8, 4) is 5.75 Å². The number of aromatic hydroxyl groups is 1. The molecule has 0 aliphatic rings. The van der Waals surface area contributed by atoms with Crippen LogP contribution in [0.5, 0.6) is 5.75 Å². The van der Waals surface area contributed by atoms with Crippen molar-refractivity contribution < 1.29 is 5.11 Å². The van der Waals surface area contributed by atoms with Gasteiger partial charge in [-0.2, -0.15) is 0 Å². The van der Waals surface area contributed by atoms with Gasteiger partial charge in [0.05, 0.1) is 0 Å². The van der Waals surface area contributed by atoms with E-state index >= 15 is 0 Å². The van der Waals surface area contributed by atoms with Gasteiger partial charge in [0.15, 0.2) is 0 Å². The highest BCUT2D eigenvalue weighted by Gasteiger charge is 2.11. The summed E-state index contributed by atoms with van der Waals surface area (Å²) in [7, 11) is 0. The van der Waals surface area contributed by atoms with Crippen molar-refractivity contribution in [1.82, 2.24) is 0 Å². The molecule has 82 valence electrons. The molecule has 3 N–H and O–H groups in total. The Hall–Kier alpha value is -1.80. The van der Waals surface area contributed by atoms with Gasteiger partial charge in [0.2, 0.25) is 0 Å². The standard InChI is InChI=1S/C14H15NO/c15-10-14(11-4-2-1-3-5-11)12-6-8-13(16)9-7-12/h1-9,14,16H,10,15H2. The van der Waals surface area contributed by atoms with E-state index < -0.39 is 0 Å². The Morgan fingerprint density at radius 3 is 2.00 bits per heavy atom. The van der Waals surface area contributed by atoms with Crippen molar-refractivity contribution in [2.75, 3.05) is 6.54 Å². The second-order valence-electron chi connectivity index (χ2n) is 3.79. The van der Waals surface area contributed by atoms with Crippen molar-refractivity contribution >= 4 is 0 Å². The average Bonchev–Trinajstić information content (AvgIpc) is 2.34. The number of hydrogen-bond acceptors (Lipinski definition) is 2. The lowest BCUT2D eigenvalue weighted by Gasteiger charge is -2.15. The van der Waals surface area contributed by atoms with E-state index in [4.69, 9.17) is 5.73 Å². The summed E-state index contributed by atoms with van der Waals surface area (Å²) >= 11 is 0. The van der Waals surface area contributed by atoms with Crippen LogP contribution in [0, 0.1) is 0 Å². The van der Waals surface area contributed by atoms with Crippen LogP contribution in [0.25, 0.3) is 0 Å². The first-order valence-electron chi connectivity index (χ1n) is 5.35. The molecule has 0 aromatic heterocycles. The minimum atomic E-state index is 0.196. The molecule has 2 heteroatoms. The SMILES string of the molecule is NCC(c1ccccc1)c1ccc(O)cc1. The zero-order valence-electron chi connectivity index (χ0n) is 9.01. The van der Waals surface area contributed by atoms with Gasteiger partial charge in [0, 0.05) is 12.5 Å². The summed E-state index contributed by atoms with van der Waals surface area (Å²) in [4.78, 5) is 0. The van der Waals surface area contributed by atoms with Crippen molar-refractivity contribution in [1.29, 1.82) is 0 Å². The van der Waals surface area contributed by atoms with Gasteiger partial charge < -0.3 is 10.8 Å². The van der Waals surface area contributed by atoms with E-state index in [0.29, 0.717) is 6.54 Å². The fourth-order valence-corrected chi connectivity index (χ4v) is 1.86. The molecule has 0 bridgehead atoms. The number of phenolic OH excluding ortho intramolecular Hbond substituents is 1. The molecule has 0 amide bonds. The summed E-state index contributed by atoms with van der Waals surface area (Å²) in [6.45, 7) is 0.564. The minimum Gasteiger partial charge on any atom is -0.508 e. The molecule has 0 aliphatic carbocycles. The lowest BCUT2D eigenvalue weighted by atomic mass is 9.91. The third kappa shape index (κ3) is 2.23. The third-order valence-electron chi connectivity index (χ3n) is 2.73. The molecule has 0 saturated heterocycles. The van der Waals surface area contributed by atoms with Gasteiger partial charge in [-0.25, -0.2) is 0 Å². The van der Waals surface area contributed by atoms with Crippen molar-refractivity contribution in [3.05, 3.63) is 65.7 Å². The fraction of sp³-hybridized carbons (Fsp3) is 0.143. The van der Waals surface area contributed by atoms with Crippen molar-refractivity contribution in [2.45, 2.75) is 5.92 Å². The van der Waals surface area contributed by atoms with Gasteiger partial charge >= 0.3 is 0 Å². The first-order chi connectivity index (χ1) is 7.81. The highest BCUT2D eigenvalue weighted by molar-refractivity contribution is 5.35. The number of benzene rings is 2. The second kappa shape index (κ2) is 4.81. The summed E-state index contributed by atoms with van der Waals surface area (Å²) in [6.07, 6.45) is 0. The first kappa shape index (κ1) is 10.7. The Bertz CT molecular complexity index is 436. The molecule has 0 aliphatic heterocycles. The Morgan fingerprint density at radius 1 is 0.875 bits per heavy atom. The van der Waals surface area contributed by atoms with E-state index in [1.165, 1.54) is 5.56 Å². The Morgan fingerprint density at radius 2 is 1.44 bits per heavy atom. The average molecular weight is 213 g/mol. The molecule has 1 atom stereocenters. The Kier molecular flexibility index (Phi) is 3.22. The van der Waals surface area contributed by atoms with Crippen LogP contribution in [0.15, 0.2) is 54.6 Å². The Labute approximate surface area is 95.4 Å². The van der Waals surface area contributed by atoms with Crippen LogP contribution in [0.2, 0.25) is 0 Å². The van der Waals surface area contributed by atoms with Crippen LogP contribution in [0.1, 0.15) is 17.0 Å². The molecule has 2 rings (SSSR count). The molecule has 0 fully saturated rings. The predicted molar refractivity (Wildman–Crippen MR) is 65.4 cm³/mol. The largest absolute Gasteiger partial charge is 0.508 e. The maximum Gasteiger partial charge on any atom is 0.115 e. The highest BCUT2D eigenvalue weighted by atomic mass is 16.3. The van der Waals surface area contributed by atoms with E-state index in [0.717, 1.165) is 5.56 Å². The minimum absolute atomic E-state index is 0.196. The van der Waals surface area contributed by atoms with Crippen LogP contribution in [0.3, 0.4) is 0 Å².